The van der Waals surface area contributed by atoms with Gasteiger partial charge >= 0.3 is 6.18 Å². The molecule has 2 atom stereocenters. The number of carbonyl (C=O) groups is 2. The van der Waals surface area contributed by atoms with Crippen LogP contribution in [0.5, 0.6) is 5.75 Å². The molecule has 9 heteroatoms. The minimum Gasteiger partial charge on any atom is -0.491 e. The number of halogens is 3. The Morgan fingerprint density at radius 3 is 2.58 bits per heavy atom. The van der Waals surface area contributed by atoms with Crippen LogP contribution in [0.3, 0.4) is 0 Å². The fourth-order valence-corrected chi connectivity index (χ4v) is 4.77. The van der Waals surface area contributed by atoms with Gasteiger partial charge in [0, 0.05) is 38.6 Å². The molecule has 3 aliphatic heterocycles. The van der Waals surface area contributed by atoms with Gasteiger partial charge in [-0.25, -0.2) is 0 Å². The average molecular weight is 440 g/mol. The monoisotopic (exact) mass is 440 g/mol. The predicted molar refractivity (Wildman–Crippen MR) is 107 cm³/mol. The highest BCUT2D eigenvalue weighted by atomic mass is 19.4. The molecule has 1 aromatic rings. The fourth-order valence-electron chi connectivity index (χ4n) is 4.77. The number of hydrogen-bond acceptors (Lipinski definition) is 4. The summed E-state index contributed by atoms with van der Waals surface area (Å²) < 4.78 is 50.2. The highest BCUT2D eigenvalue weighted by molar-refractivity contribution is 5.92. The van der Waals surface area contributed by atoms with Crippen molar-refractivity contribution in [3.05, 3.63) is 23.8 Å². The zero-order valence-electron chi connectivity index (χ0n) is 17.2. The van der Waals surface area contributed by atoms with E-state index in [0.717, 1.165) is 25.0 Å². The molecule has 0 bridgehead atoms. The first-order valence-corrected chi connectivity index (χ1v) is 10.8. The van der Waals surface area contributed by atoms with Crippen molar-refractivity contribution in [3.8, 4) is 5.75 Å². The van der Waals surface area contributed by atoms with Crippen LogP contribution in [0.15, 0.2) is 18.2 Å². The van der Waals surface area contributed by atoms with E-state index in [0.29, 0.717) is 45.8 Å². The van der Waals surface area contributed by atoms with Gasteiger partial charge in [0.05, 0.1) is 17.9 Å². The third-order valence-electron chi connectivity index (χ3n) is 6.55. The van der Waals surface area contributed by atoms with Crippen molar-refractivity contribution in [1.29, 1.82) is 0 Å². The Morgan fingerprint density at radius 1 is 1.06 bits per heavy atom. The molecule has 0 aliphatic carbocycles. The zero-order valence-corrected chi connectivity index (χ0v) is 17.2. The van der Waals surface area contributed by atoms with E-state index in [1.54, 1.807) is 0 Å². The number of anilines is 1. The summed E-state index contributed by atoms with van der Waals surface area (Å²) in [7, 11) is 0. The second kappa shape index (κ2) is 9.06. The largest absolute Gasteiger partial charge is 0.491 e. The van der Waals surface area contributed by atoms with Gasteiger partial charge in [-0.2, -0.15) is 13.2 Å². The Labute approximate surface area is 179 Å². The number of ether oxygens (including phenoxy) is 2. The number of likely N-dealkylation sites (tertiary alicyclic amines) is 1. The highest BCUT2D eigenvalue weighted by Crippen LogP contribution is 2.37. The lowest BCUT2D eigenvalue weighted by Crippen LogP contribution is -2.48. The van der Waals surface area contributed by atoms with Crippen LogP contribution in [-0.2, 0) is 20.5 Å². The molecule has 1 aromatic carbocycles. The maximum absolute atomic E-state index is 13.0. The molecule has 3 aliphatic rings. The summed E-state index contributed by atoms with van der Waals surface area (Å²) in [5.74, 6) is 0.235. The molecule has 0 unspecified atom stereocenters. The average Bonchev–Trinajstić information content (AvgIpc) is 2.75. The van der Waals surface area contributed by atoms with Gasteiger partial charge in [0.2, 0.25) is 11.8 Å². The van der Waals surface area contributed by atoms with Crippen molar-refractivity contribution in [1.82, 2.24) is 4.90 Å². The summed E-state index contributed by atoms with van der Waals surface area (Å²) in [6.07, 6.45) is -1.46. The molecule has 2 fully saturated rings. The highest BCUT2D eigenvalue weighted by Gasteiger charge is 2.36. The number of fused-ring (bicyclic) bond motifs is 2. The number of benzene rings is 1. The van der Waals surface area contributed by atoms with Gasteiger partial charge in [0.25, 0.3) is 0 Å². The van der Waals surface area contributed by atoms with Crippen molar-refractivity contribution < 1.29 is 32.2 Å². The van der Waals surface area contributed by atoms with Crippen LogP contribution < -0.4 is 10.1 Å². The van der Waals surface area contributed by atoms with Crippen molar-refractivity contribution in [3.63, 3.8) is 0 Å². The minimum absolute atomic E-state index is 0.000845. The maximum atomic E-state index is 13.0. The summed E-state index contributed by atoms with van der Waals surface area (Å²) in [5.41, 5.74) is -0.782. The van der Waals surface area contributed by atoms with Crippen LogP contribution in [0.1, 0.15) is 37.7 Å². The summed E-state index contributed by atoms with van der Waals surface area (Å²) >= 11 is 0. The topological polar surface area (TPSA) is 67.9 Å². The Kier molecular flexibility index (Phi) is 6.41. The van der Waals surface area contributed by atoms with Crippen molar-refractivity contribution in [2.75, 3.05) is 38.2 Å². The lowest BCUT2D eigenvalue weighted by Gasteiger charge is -2.40. The Morgan fingerprint density at radius 2 is 1.84 bits per heavy atom. The fraction of sp³-hybridized carbons (Fsp3) is 0.636. The standard InChI is InChI=1S/C22H27F3N2O4/c23-22(24,25)17-1-2-19-18(12-17)26-20(28)11-15-3-7-27(13-16(15)6-10-31-19)21(29)14-4-8-30-9-5-14/h1-2,12,14-16H,3-11,13H2,(H,26,28)/t15-,16-/m0/s1. The molecule has 0 radical (unpaired) electrons. The summed E-state index contributed by atoms with van der Waals surface area (Å²) in [6.45, 7) is 2.71. The summed E-state index contributed by atoms with van der Waals surface area (Å²) in [5, 5.41) is 2.60. The third kappa shape index (κ3) is 5.14. The Bertz CT molecular complexity index is 823. The van der Waals surface area contributed by atoms with E-state index >= 15 is 0 Å². The number of hydrogen-bond donors (Lipinski definition) is 1. The molecular formula is C22H27F3N2O4. The van der Waals surface area contributed by atoms with Crippen LogP contribution in [0, 0.1) is 17.8 Å². The molecule has 0 saturated carbocycles. The number of nitrogens with zero attached hydrogens (tertiary/aromatic N) is 1. The molecule has 2 saturated heterocycles. The van der Waals surface area contributed by atoms with Crippen LogP contribution in [0.2, 0.25) is 0 Å². The van der Waals surface area contributed by atoms with Gasteiger partial charge in [-0.3, -0.25) is 9.59 Å². The van der Waals surface area contributed by atoms with E-state index in [-0.39, 0.29) is 47.4 Å². The molecule has 0 aromatic heterocycles. The first-order chi connectivity index (χ1) is 14.8. The van der Waals surface area contributed by atoms with Crippen molar-refractivity contribution in [2.24, 2.45) is 17.8 Å². The van der Waals surface area contributed by atoms with Crippen molar-refractivity contribution in [2.45, 2.75) is 38.3 Å². The molecule has 2 amide bonds. The van der Waals surface area contributed by atoms with Gasteiger partial charge in [-0.15, -0.1) is 0 Å². The van der Waals surface area contributed by atoms with Crippen LogP contribution in [0.25, 0.3) is 0 Å². The third-order valence-corrected chi connectivity index (χ3v) is 6.55. The van der Waals surface area contributed by atoms with Crippen LogP contribution in [-0.4, -0.2) is 49.6 Å². The zero-order chi connectivity index (χ0) is 22.0. The molecule has 170 valence electrons. The number of nitrogens with one attached hydrogen (secondary N) is 1. The number of rotatable bonds is 1. The van der Waals surface area contributed by atoms with E-state index in [1.807, 2.05) is 4.90 Å². The molecule has 3 heterocycles. The van der Waals surface area contributed by atoms with Gasteiger partial charge in [0.15, 0.2) is 0 Å². The van der Waals surface area contributed by atoms with Gasteiger partial charge < -0.3 is 19.7 Å². The number of piperidine rings is 1. The summed E-state index contributed by atoms with van der Waals surface area (Å²) in [6, 6.07) is 3.12. The van der Waals surface area contributed by atoms with Gasteiger partial charge in [-0.05, 0) is 55.7 Å². The minimum atomic E-state index is -4.50. The molecule has 31 heavy (non-hydrogen) atoms. The first-order valence-electron chi connectivity index (χ1n) is 10.8. The van der Waals surface area contributed by atoms with E-state index < -0.39 is 11.7 Å². The molecule has 0 spiro atoms. The van der Waals surface area contributed by atoms with Crippen molar-refractivity contribution >= 4 is 17.5 Å². The van der Waals surface area contributed by atoms with Crippen LogP contribution in [0.4, 0.5) is 18.9 Å². The molecular weight excluding hydrogens is 413 g/mol. The Hall–Kier alpha value is -2.29. The van der Waals surface area contributed by atoms with E-state index in [1.165, 1.54) is 6.07 Å². The normalized spacial score (nSPS) is 25.6. The maximum Gasteiger partial charge on any atom is 0.416 e. The molecule has 6 nitrogen and oxygen atoms in total. The Balaban J connectivity index is 1.46. The second-order valence-corrected chi connectivity index (χ2v) is 8.58. The smallest absolute Gasteiger partial charge is 0.416 e. The second-order valence-electron chi connectivity index (χ2n) is 8.58. The summed E-state index contributed by atoms with van der Waals surface area (Å²) in [4.78, 5) is 27.4. The van der Waals surface area contributed by atoms with E-state index in [9.17, 15) is 22.8 Å². The molecule has 1 N–H and O–H groups in total. The predicted octanol–water partition coefficient (Wildman–Crippen LogP) is 3.71. The SMILES string of the molecule is O=C1C[C@@H]2CCN(C(=O)C3CCOCC3)C[C@@H]2CCOc2ccc(C(F)(F)F)cc2N1. The quantitative estimate of drug-likeness (QED) is 0.723. The van der Waals surface area contributed by atoms with E-state index in [2.05, 4.69) is 5.32 Å². The lowest BCUT2D eigenvalue weighted by molar-refractivity contribution is -0.141. The van der Waals surface area contributed by atoms with Crippen LogP contribution >= 0.6 is 0 Å². The first kappa shape index (κ1) is 21.9. The number of alkyl halides is 3. The van der Waals surface area contributed by atoms with Gasteiger partial charge in [-0.1, -0.05) is 0 Å². The molecule has 4 rings (SSSR count). The van der Waals surface area contributed by atoms with Gasteiger partial charge in [0.1, 0.15) is 5.75 Å². The van der Waals surface area contributed by atoms with E-state index in [4.69, 9.17) is 9.47 Å². The number of amides is 2. The lowest BCUT2D eigenvalue weighted by atomic mass is 9.80. The number of carbonyl (C=O) groups excluding carboxylic acids is 2.